The number of benzene rings is 1. The van der Waals surface area contributed by atoms with Gasteiger partial charge in [-0.3, -0.25) is 5.10 Å². The van der Waals surface area contributed by atoms with E-state index in [4.69, 9.17) is 0 Å². The molecule has 1 N–H and O–H groups in total. The molecule has 0 saturated carbocycles. The van der Waals surface area contributed by atoms with Gasteiger partial charge in [-0.15, -0.1) is 0 Å². The summed E-state index contributed by atoms with van der Waals surface area (Å²) in [5.74, 6) is 1.19. The normalized spacial score (nSPS) is 18.6. The van der Waals surface area contributed by atoms with Crippen molar-refractivity contribution >= 4 is 0 Å². The van der Waals surface area contributed by atoms with Crippen molar-refractivity contribution in [1.82, 2.24) is 10.2 Å². The van der Waals surface area contributed by atoms with Crippen molar-refractivity contribution in [3.05, 3.63) is 41.3 Å². The standard InChI is InChI=1S/C16H19FN2/c1-10(2)11-6-7-15-14(9-11)16(19-18-15)12-4-3-5-13(17)8-12/h3-5,8,10-11H,6-7,9H2,1-2H3,(H,18,19). The third-order valence-electron chi connectivity index (χ3n) is 4.23. The fraction of sp³-hybridized carbons (Fsp3) is 0.438. The molecule has 19 heavy (non-hydrogen) atoms. The van der Waals surface area contributed by atoms with Crippen LogP contribution in [0.5, 0.6) is 0 Å². The third kappa shape index (κ3) is 2.29. The highest BCUT2D eigenvalue weighted by atomic mass is 19.1. The largest absolute Gasteiger partial charge is 0.282 e. The summed E-state index contributed by atoms with van der Waals surface area (Å²) in [5.41, 5.74) is 4.33. The molecule has 2 nitrogen and oxygen atoms in total. The monoisotopic (exact) mass is 258 g/mol. The molecule has 0 saturated heterocycles. The van der Waals surface area contributed by atoms with Crippen molar-refractivity contribution in [2.75, 3.05) is 0 Å². The van der Waals surface area contributed by atoms with Gasteiger partial charge in [0.25, 0.3) is 0 Å². The van der Waals surface area contributed by atoms with Crippen LogP contribution in [0.25, 0.3) is 11.3 Å². The van der Waals surface area contributed by atoms with E-state index in [-0.39, 0.29) is 5.82 Å². The lowest BCUT2D eigenvalue weighted by atomic mass is 9.79. The second-order valence-electron chi connectivity index (χ2n) is 5.79. The van der Waals surface area contributed by atoms with Crippen LogP contribution in [0, 0.1) is 17.7 Å². The molecular weight excluding hydrogens is 239 g/mol. The molecule has 100 valence electrons. The van der Waals surface area contributed by atoms with E-state index in [9.17, 15) is 4.39 Å². The van der Waals surface area contributed by atoms with Gasteiger partial charge in [0, 0.05) is 16.8 Å². The van der Waals surface area contributed by atoms with Gasteiger partial charge >= 0.3 is 0 Å². The van der Waals surface area contributed by atoms with Crippen LogP contribution in [0.1, 0.15) is 31.5 Å². The van der Waals surface area contributed by atoms with Gasteiger partial charge in [0.05, 0.1) is 5.69 Å². The number of hydrogen-bond acceptors (Lipinski definition) is 1. The smallest absolute Gasteiger partial charge is 0.123 e. The Labute approximate surface area is 113 Å². The van der Waals surface area contributed by atoms with Gasteiger partial charge in [-0.25, -0.2) is 4.39 Å². The van der Waals surface area contributed by atoms with Gasteiger partial charge in [0.1, 0.15) is 5.82 Å². The van der Waals surface area contributed by atoms with Crippen molar-refractivity contribution in [2.45, 2.75) is 33.1 Å². The molecule has 2 aromatic rings. The molecule has 1 heterocycles. The lowest BCUT2D eigenvalue weighted by Gasteiger charge is -2.25. The zero-order chi connectivity index (χ0) is 13.4. The van der Waals surface area contributed by atoms with Crippen molar-refractivity contribution in [2.24, 2.45) is 11.8 Å². The summed E-state index contributed by atoms with van der Waals surface area (Å²) < 4.78 is 13.4. The number of fused-ring (bicyclic) bond motifs is 1. The number of halogens is 1. The molecule has 1 atom stereocenters. The van der Waals surface area contributed by atoms with Crippen LogP contribution in [0.3, 0.4) is 0 Å². The predicted molar refractivity (Wildman–Crippen MR) is 74.3 cm³/mol. The number of nitrogens with zero attached hydrogens (tertiary/aromatic N) is 1. The molecule has 3 rings (SSSR count). The van der Waals surface area contributed by atoms with E-state index in [0.29, 0.717) is 11.8 Å². The van der Waals surface area contributed by atoms with Crippen molar-refractivity contribution in [1.29, 1.82) is 0 Å². The lowest BCUT2D eigenvalue weighted by molar-refractivity contribution is 0.342. The average molecular weight is 258 g/mol. The molecule has 1 aromatic carbocycles. The molecule has 0 amide bonds. The highest BCUT2D eigenvalue weighted by Gasteiger charge is 2.26. The second kappa shape index (κ2) is 4.80. The topological polar surface area (TPSA) is 28.7 Å². The fourth-order valence-electron chi connectivity index (χ4n) is 2.97. The van der Waals surface area contributed by atoms with Gasteiger partial charge in [-0.1, -0.05) is 26.0 Å². The summed E-state index contributed by atoms with van der Waals surface area (Å²) in [6.45, 7) is 4.55. The Balaban J connectivity index is 1.99. The van der Waals surface area contributed by atoms with Crippen molar-refractivity contribution in [3.63, 3.8) is 0 Å². The Morgan fingerprint density at radius 3 is 2.95 bits per heavy atom. The Kier molecular flexibility index (Phi) is 3.13. The highest BCUT2D eigenvalue weighted by Crippen LogP contribution is 2.34. The molecule has 1 aliphatic rings. The van der Waals surface area contributed by atoms with Crippen LogP contribution in [-0.4, -0.2) is 10.2 Å². The van der Waals surface area contributed by atoms with Crippen LogP contribution < -0.4 is 0 Å². The summed E-state index contributed by atoms with van der Waals surface area (Å²) in [5, 5.41) is 7.54. The maximum atomic E-state index is 13.4. The van der Waals surface area contributed by atoms with E-state index >= 15 is 0 Å². The SMILES string of the molecule is CC(C)C1CCc2[nH]nc(-c3cccc(F)c3)c2C1. The van der Waals surface area contributed by atoms with Crippen molar-refractivity contribution in [3.8, 4) is 11.3 Å². The first kappa shape index (κ1) is 12.4. The van der Waals surface area contributed by atoms with Crippen LogP contribution in [0.4, 0.5) is 4.39 Å². The third-order valence-corrected chi connectivity index (χ3v) is 4.23. The van der Waals surface area contributed by atoms with Gasteiger partial charge in [-0.2, -0.15) is 5.10 Å². The number of hydrogen-bond donors (Lipinski definition) is 1. The Morgan fingerprint density at radius 1 is 1.37 bits per heavy atom. The fourth-order valence-corrected chi connectivity index (χ4v) is 2.97. The van der Waals surface area contributed by atoms with Crippen molar-refractivity contribution < 1.29 is 4.39 Å². The van der Waals surface area contributed by atoms with E-state index in [1.807, 2.05) is 6.07 Å². The first-order valence-corrected chi connectivity index (χ1v) is 6.97. The molecule has 1 aliphatic carbocycles. The predicted octanol–water partition coefficient (Wildman–Crippen LogP) is 3.98. The Hall–Kier alpha value is -1.64. The molecule has 3 heteroatoms. The Bertz CT molecular complexity index is 586. The number of rotatable bonds is 2. The molecule has 0 aliphatic heterocycles. The molecule has 0 radical (unpaired) electrons. The molecule has 0 spiro atoms. The summed E-state index contributed by atoms with van der Waals surface area (Å²) >= 11 is 0. The number of aromatic amines is 1. The Morgan fingerprint density at radius 2 is 2.21 bits per heavy atom. The summed E-state index contributed by atoms with van der Waals surface area (Å²) in [7, 11) is 0. The minimum atomic E-state index is -0.203. The average Bonchev–Trinajstić information content (AvgIpc) is 2.81. The number of aryl methyl sites for hydroxylation is 1. The second-order valence-corrected chi connectivity index (χ2v) is 5.79. The van der Waals surface area contributed by atoms with Gasteiger partial charge in [0.15, 0.2) is 0 Å². The quantitative estimate of drug-likeness (QED) is 0.867. The van der Waals surface area contributed by atoms with E-state index in [1.54, 1.807) is 12.1 Å². The summed E-state index contributed by atoms with van der Waals surface area (Å²) in [6, 6.07) is 6.71. The van der Waals surface area contributed by atoms with Gasteiger partial charge in [-0.05, 0) is 43.2 Å². The maximum Gasteiger partial charge on any atom is 0.123 e. The maximum absolute atomic E-state index is 13.4. The highest BCUT2D eigenvalue weighted by molar-refractivity contribution is 5.64. The van der Waals surface area contributed by atoms with Gasteiger partial charge in [0.2, 0.25) is 0 Å². The van der Waals surface area contributed by atoms with E-state index < -0.39 is 0 Å². The molecule has 1 unspecified atom stereocenters. The molecular formula is C16H19FN2. The van der Waals surface area contributed by atoms with Crippen LogP contribution in [0.15, 0.2) is 24.3 Å². The first-order chi connectivity index (χ1) is 9.15. The minimum Gasteiger partial charge on any atom is -0.282 e. The summed E-state index contributed by atoms with van der Waals surface area (Å²) in [4.78, 5) is 0. The van der Waals surface area contributed by atoms with Gasteiger partial charge < -0.3 is 0 Å². The number of aromatic nitrogens is 2. The zero-order valence-electron chi connectivity index (χ0n) is 11.4. The summed E-state index contributed by atoms with van der Waals surface area (Å²) in [6.07, 6.45) is 3.32. The lowest BCUT2D eigenvalue weighted by Crippen LogP contribution is -2.18. The molecule has 1 aromatic heterocycles. The van der Waals surface area contributed by atoms with Crippen LogP contribution in [-0.2, 0) is 12.8 Å². The first-order valence-electron chi connectivity index (χ1n) is 6.97. The van der Waals surface area contributed by atoms with Crippen LogP contribution >= 0.6 is 0 Å². The zero-order valence-corrected chi connectivity index (χ0v) is 11.4. The van der Waals surface area contributed by atoms with E-state index in [2.05, 4.69) is 24.0 Å². The number of H-pyrrole nitrogens is 1. The van der Waals surface area contributed by atoms with Crippen LogP contribution in [0.2, 0.25) is 0 Å². The van der Waals surface area contributed by atoms with E-state index in [1.165, 1.54) is 23.7 Å². The molecule has 0 bridgehead atoms. The molecule has 0 fully saturated rings. The minimum absolute atomic E-state index is 0.203. The van der Waals surface area contributed by atoms with E-state index in [0.717, 1.165) is 24.1 Å². The number of nitrogens with one attached hydrogen (secondary N) is 1.